The molecule has 0 fully saturated rings. The predicted octanol–water partition coefficient (Wildman–Crippen LogP) is 3.22. The number of benzene rings is 2. The van der Waals surface area contributed by atoms with Gasteiger partial charge in [-0.1, -0.05) is 6.07 Å². The van der Waals surface area contributed by atoms with Gasteiger partial charge >= 0.3 is 0 Å². The molecule has 0 aliphatic rings. The van der Waals surface area contributed by atoms with Crippen LogP contribution in [0.5, 0.6) is 17.2 Å². The van der Waals surface area contributed by atoms with Crippen LogP contribution in [0.4, 0.5) is 8.78 Å². The quantitative estimate of drug-likeness (QED) is 0.923. The standard InChI is InChI=1S/C14H13F2NO2/c1-18-10-3-2-4-11(7-10)19-14-12(15)5-9(8-17)6-13(14)16/h2-7H,8,17H2,1H3. The first-order valence-corrected chi connectivity index (χ1v) is 5.64. The average molecular weight is 265 g/mol. The van der Waals surface area contributed by atoms with Crippen LogP contribution in [0.1, 0.15) is 5.56 Å². The van der Waals surface area contributed by atoms with Crippen molar-refractivity contribution >= 4 is 0 Å². The second kappa shape index (κ2) is 5.67. The van der Waals surface area contributed by atoms with Crippen molar-refractivity contribution in [1.29, 1.82) is 0 Å². The fourth-order valence-electron chi connectivity index (χ4n) is 1.61. The summed E-state index contributed by atoms with van der Waals surface area (Å²) in [5, 5.41) is 0. The molecular formula is C14H13F2NO2. The molecule has 0 unspecified atom stereocenters. The number of hydrogen-bond donors (Lipinski definition) is 1. The van der Waals surface area contributed by atoms with Gasteiger partial charge in [-0.2, -0.15) is 0 Å². The summed E-state index contributed by atoms with van der Waals surface area (Å²) in [6, 6.07) is 8.79. The first-order valence-electron chi connectivity index (χ1n) is 5.64. The average Bonchev–Trinajstić information content (AvgIpc) is 2.42. The summed E-state index contributed by atoms with van der Waals surface area (Å²) in [6.45, 7) is 0.0628. The van der Waals surface area contributed by atoms with Crippen LogP contribution < -0.4 is 15.2 Å². The number of ether oxygens (including phenoxy) is 2. The lowest BCUT2D eigenvalue weighted by Gasteiger charge is -2.10. The summed E-state index contributed by atoms with van der Waals surface area (Å²) in [5.74, 6) is -1.20. The Hall–Kier alpha value is -2.14. The Kier molecular flexibility index (Phi) is 3.97. The van der Waals surface area contributed by atoms with Crippen LogP contribution in [0.15, 0.2) is 36.4 Å². The summed E-state index contributed by atoms with van der Waals surface area (Å²) in [6.07, 6.45) is 0. The third-order valence-electron chi connectivity index (χ3n) is 2.55. The number of halogens is 2. The minimum absolute atomic E-state index is 0.0628. The fraction of sp³-hybridized carbons (Fsp3) is 0.143. The summed E-state index contributed by atoms with van der Waals surface area (Å²) >= 11 is 0. The van der Waals surface area contributed by atoms with Crippen molar-refractivity contribution in [2.75, 3.05) is 7.11 Å². The van der Waals surface area contributed by atoms with Crippen LogP contribution in [0.25, 0.3) is 0 Å². The maximum Gasteiger partial charge on any atom is 0.198 e. The highest BCUT2D eigenvalue weighted by atomic mass is 19.1. The molecule has 0 amide bonds. The van der Waals surface area contributed by atoms with Gasteiger partial charge in [0.25, 0.3) is 0 Å². The van der Waals surface area contributed by atoms with E-state index in [0.29, 0.717) is 11.3 Å². The third-order valence-corrected chi connectivity index (χ3v) is 2.55. The molecule has 0 aromatic heterocycles. The molecule has 0 heterocycles. The van der Waals surface area contributed by atoms with Crippen LogP contribution in [0.3, 0.4) is 0 Å². The van der Waals surface area contributed by atoms with Gasteiger partial charge in [-0.05, 0) is 29.8 Å². The van der Waals surface area contributed by atoms with E-state index in [4.69, 9.17) is 15.2 Å². The third kappa shape index (κ3) is 3.00. The highest BCUT2D eigenvalue weighted by molar-refractivity contribution is 5.39. The zero-order valence-electron chi connectivity index (χ0n) is 10.3. The lowest BCUT2D eigenvalue weighted by atomic mass is 10.2. The molecule has 2 aromatic rings. The molecule has 0 aliphatic carbocycles. The van der Waals surface area contributed by atoms with E-state index in [1.165, 1.54) is 13.2 Å². The van der Waals surface area contributed by atoms with Gasteiger partial charge in [0.15, 0.2) is 17.4 Å². The predicted molar refractivity (Wildman–Crippen MR) is 67.3 cm³/mol. The van der Waals surface area contributed by atoms with Gasteiger partial charge < -0.3 is 15.2 Å². The van der Waals surface area contributed by atoms with Crippen molar-refractivity contribution in [3.8, 4) is 17.2 Å². The molecule has 100 valence electrons. The van der Waals surface area contributed by atoms with Crippen molar-refractivity contribution in [3.63, 3.8) is 0 Å². The van der Waals surface area contributed by atoms with Crippen LogP contribution in [0.2, 0.25) is 0 Å². The molecular weight excluding hydrogens is 252 g/mol. The molecule has 0 radical (unpaired) electrons. The van der Waals surface area contributed by atoms with Crippen LogP contribution in [-0.4, -0.2) is 7.11 Å². The maximum atomic E-state index is 13.7. The van der Waals surface area contributed by atoms with E-state index in [-0.39, 0.29) is 12.3 Å². The molecule has 3 nitrogen and oxygen atoms in total. The van der Waals surface area contributed by atoms with Crippen molar-refractivity contribution < 1.29 is 18.3 Å². The van der Waals surface area contributed by atoms with Gasteiger partial charge in [0.05, 0.1) is 7.11 Å². The molecule has 0 saturated heterocycles. The van der Waals surface area contributed by atoms with E-state index in [9.17, 15) is 8.78 Å². The summed E-state index contributed by atoms with van der Waals surface area (Å²) < 4.78 is 37.6. The molecule has 0 aliphatic heterocycles. The van der Waals surface area contributed by atoms with Gasteiger partial charge in [0.2, 0.25) is 0 Å². The number of nitrogens with two attached hydrogens (primary N) is 1. The Morgan fingerprint density at radius 1 is 1.05 bits per heavy atom. The van der Waals surface area contributed by atoms with E-state index in [1.807, 2.05) is 0 Å². The lowest BCUT2D eigenvalue weighted by Crippen LogP contribution is -2.00. The molecule has 0 atom stereocenters. The van der Waals surface area contributed by atoms with E-state index >= 15 is 0 Å². The Labute approximate surface area is 109 Å². The first-order chi connectivity index (χ1) is 9.13. The topological polar surface area (TPSA) is 44.5 Å². The monoisotopic (exact) mass is 265 g/mol. The largest absolute Gasteiger partial charge is 0.497 e. The van der Waals surface area contributed by atoms with E-state index in [1.54, 1.807) is 18.2 Å². The number of hydrogen-bond acceptors (Lipinski definition) is 3. The minimum Gasteiger partial charge on any atom is -0.497 e. The Bertz CT molecular complexity index is 564. The van der Waals surface area contributed by atoms with Crippen molar-refractivity contribution in [1.82, 2.24) is 0 Å². The normalized spacial score (nSPS) is 10.3. The SMILES string of the molecule is COc1cccc(Oc2c(F)cc(CN)cc2F)c1. The molecule has 0 saturated carbocycles. The lowest BCUT2D eigenvalue weighted by molar-refractivity contribution is 0.393. The second-order valence-electron chi connectivity index (χ2n) is 3.87. The zero-order valence-corrected chi connectivity index (χ0v) is 10.3. The van der Waals surface area contributed by atoms with Gasteiger partial charge in [0, 0.05) is 12.6 Å². The van der Waals surface area contributed by atoms with Crippen LogP contribution in [-0.2, 0) is 6.54 Å². The highest BCUT2D eigenvalue weighted by Crippen LogP contribution is 2.30. The fourth-order valence-corrected chi connectivity index (χ4v) is 1.61. The Morgan fingerprint density at radius 3 is 2.26 bits per heavy atom. The summed E-state index contributed by atoms with van der Waals surface area (Å²) in [7, 11) is 1.50. The van der Waals surface area contributed by atoms with Gasteiger partial charge in [0.1, 0.15) is 11.5 Å². The van der Waals surface area contributed by atoms with Gasteiger partial charge in [-0.25, -0.2) is 8.78 Å². The zero-order chi connectivity index (χ0) is 13.8. The summed E-state index contributed by atoms with van der Waals surface area (Å²) in [4.78, 5) is 0. The number of methoxy groups -OCH3 is 1. The van der Waals surface area contributed by atoms with Crippen molar-refractivity contribution in [2.45, 2.75) is 6.54 Å². The van der Waals surface area contributed by atoms with E-state index < -0.39 is 17.4 Å². The second-order valence-corrected chi connectivity index (χ2v) is 3.87. The molecule has 2 aromatic carbocycles. The van der Waals surface area contributed by atoms with Crippen molar-refractivity contribution in [2.24, 2.45) is 5.73 Å². The highest BCUT2D eigenvalue weighted by Gasteiger charge is 2.13. The smallest absolute Gasteiger partial charge is 0.198 e. The number of rotatable bonds is 4. The maximum absolute atomic E-state index is 13.7. The Morgan fingerprint density at radius 2 is 1.68 bits per heavy atom. The molecule has 2 rings (SSSR count). The Balaban J connectivity index is 2.32. The minimum atomic E-state index is -0.789. The molecule has 19 heavy (non-hydrogen) atoms. The molecule has 5 heteroatoms. The first kappa shape index (κ1) is 13.3. The molecule has 0 spiro atoms. The molecule has 2 N–H and O–H groups in total. The van der Waals surface area contributed by atoms with Gasteiger partial charge in [-0.3, -0.25) is 0 Å². The van der Waals surface area contributed by atoms with Crippen molar-refractivity contribution in [3.05, 3.63) is 53.6 Å². The van der Waals surface area contributed by atoms with E-state index in [2.05, 4.69) is 0 Å². The van der Waals surface area contributed by atoms with Gasteiger partial charge in [-0.15, -0.1) is 0 Å². The van der Waals surface area contributed by atoms with E-state index in [0.717, 1.165) is 12.1 Å². The van der Waals surface area contributed by atoms with Crippen LogP contribution >= 0.6 is 0 Å². The van der Waals surface area contributed by atoms with Crippen LogP contribution in [0, 0.1) is 11.6 Å². The summed E-state index contributed by atoms with van der Waals surface area (Å²) in [5.41, 5.74) is 5.71. The molecule has 0 bridgehead atoms.